The molecule has 0 unspecified atom stereocenters. The van der Waals surface area contributed by atoms with Gasteiger partial charge in [-0.2, -0.15) is 0 Å². The van der Waals surface area contributed by atoms with E-state index in [-0.39, 0.29) is 30.0 Å². The summed E-state index contributed by atoms with van der Waals surface area (Å²) in [4.78, 5) is 27.6. The molecule has 2 N–H and O–H groups in total. The molecule has 0 atom stereocenters. The summed E-state index contributed by atoms with van der Waals surface area (Å²) in [6.07, 6.45) is 1.15. The van der Waals surface area contributed by atoms with E-state index in [0.29, 0.717) is 51.1 Å². The minimum Gasteiger partial charge on any atom is -0.339 e. The predicted octanol–water partition coefficient (Wildman–Crippen LogP) is 1.27. The Morgan fingerprint density at radius 1 is 1.05 bits per heavy atom. The molecule has 0 spiro atoms. The van der Waals surface area contributed by atoms with Crippen LogP contribution in [-0.2, 0) is 4.79 Å². The summed E-state index contributed by atoms with van der Waals surface area (Å²) in [6.45, 7) is 2.59. The molecule has 122 valence electrons. The van der Waals surface area contributed by atoms with Gasteiger partial charge in [0.1, 0.15) is 5.82 Å². The number of rotatable bonds is 4. The van der Waals surface area contributed by atoms with Crippen molar-refractivity contribution in [3.05, 3.63) is 35.6 Å². The maximum Gasteiger partial charge on any atom is 0.253 e. The first-order valence-electron chi connectivity index (χ1n) is 7.14. The summed E-state index contributed by atoms with van der Waals surface area (Å²) in [5.74, 6) is -0.389. The lowest BCUT2D eigenvalue weighted by Gasteiger charge is -2.35. The summed E-state index contributed by atoms with van der Waals surface area (Å²) >= 11 is 0. The second kappa shape index (κ2) is 8.70. The highest BCUT2D eigenvalue weighted by Crippen LogP contribution is 2.11. The van der Waals surface area contributed by atoms with Crippen LogP contribution in [0.4, 0.5) is 4.39 Å². The number of hydrogen-bond acceptors (Lipinski definition) is 3. The molecule has 5 nitrogen and oxygen atoms in total. The van der Waals surface area contributed by atoms with Crippen molar-refractivity contribution >= 4 is 24.2 Å². The number of nitrogens with zero attached hydrogens (tertiary/aromatic N) is 2. The third kappa shape index (κ3) is 4.68. The van der Waals surface area contributed by atoms with Gasteiger partial charge >= 0.3 is 0 Å². The van der Waals surface area contributed by atoms with E-state index in [9.17, 15) is 14.0 Å². The van der Waals surface area contributed by atoms with E-state index < -0.39 is 0 Å². The van der Waals surface area contributed by atoms with Gasteiger partial charge in [0.15, 0.2) is 0 Å². The molecule has 22 heavy (non-hydrogen) atoms. The molecule has 1 saturated heterocycles. The largest absolute Gasteiger partial charge is 0.339 e. The molecule has 0 aromatic heterocycles. The maximum atomic E-state index is 12.9. The minimum atomic E-state index is -0.359. The van der Waals surface area contributed by atoms with E-state index in [1.807, 2.05) is 0 Å². The summed E-state index contributed by atoms with van der Waals surface area (Å²) in [7, 11) is 0. The Hall–Kier alpha value is -1.66. The van der Waals surface area contributed by atoms with Crippen LogP contribution in [-0.4, -0.2) is 54.3 Å². The van der Waals surface area contributed by atoms with Gasteiger partial charge in [0.2, 0.25) is 5.91 Å². The van der Waals surface area contributed by atoms with Crippen molar-refractivity contribution in [1.82, 2.24) is 9.80 Å². The summed E-state index contributed by atoms with van der Waals surface area (Å²) in [5, 5.41) is 0. The van der Waals surface area contributed by atoms with Crippen molar-refractivity contribution in [2.24, 2.45) is 5.73 Å². The Morgan fingerprint density at radius 2 is 1.59 bits per heavy atom. The smallest absolute Gasteiger partial charge is 0.253 e. The molecule has 1 fully saturated rings. The summed E-state index contributed by atoms with van der Waals surface area (Å²) < 4.78 is 12.9. The fourth-order valence-electron chi connectivity index (χ4n) is 2.35. The van der Waals surface area contributed by atoms with Crippen molar-refractivity contribution in [3.8, 4) is 0 Å². The number of piperazine rings is 1. The van der Waals surface area contributed by atoms with Crippen molar-refractivity contribution in [1.29, 1.82) is 0 Å². The van der Waals surface area contributed by atoms with Gasteiger partial charge in [-0.1, -0.05) is 0 Å². The molecule has 0 aliphatic carbocycles. The SMILES string of the molecule is Cl.NCCCC(=O)N1CCN(C(=O)c2ccc(F)cc2)CC1. The normalized spacial score (nSPS) is 14.5. The monoisotopic (exact) mass is 329 g/mol. The van der Waals surface area contributed by atoms with Crippen molar-refractivity contribution in [2.45, 2.75) is 12.8 Å². The van der Waals surface area contributed by atoms with Gasteiger partial charge < -0.3 is 15.5 Å². The van der Waals surface area contributed by atoms with E-state index in [2.05, 4.69) is 0 Å². The van der Waals surface area contributed by atoms with E-state index in [1.165, 1.54) is 24.3 Å². The van der Waals surface area contributed by atoms with Crippen molar-refractivity contribution in [3.63, 3.8) is 0 Å². The molecular weight excluding hydrogens is 309 g/mol. The van der Waals surface area contributed by atoms with Crippen molar-refractivity contribution < 1.29 is 14.0 Å². The van der Waals surface area contributed by atoms with Gasteiger partial charge in [-0.05, 0) is 37.2 Å². The quantitative estimate of drug-likeness (QED) is 0.904. The van der Waals surface area contributed by atoms with Crippen LogP contribution in [0.1, 0.15) is 23.2 Å². The summed E-state index contributed by atoms with van der Waals surface area (Å²) in [6, 6.07) is 5.52. The lowest BCUT2D eigenvalue weighted by molar-refractivity contribution is -0.132. The Bertz CT molecular complexity index is 502. The van der Waals surface area contributed by atoms with Crippen LogP contribution in [0, 0.1) is 5.82 Å². The second-order valence-electron chi connectivity index (χ2n) is 5.07. The van der Waals surface area contributed by atoms with Crippen LogP contribution in [0.15, 0.2) is 24.3 Å². The fraction of sp³-hybridized carbons (Fsp3) is 0.467. The first kappa shape index (κ1) is 18.4. The molecular formula is C15H21ClFN3O2. The molecule has 2 rings (SSSR count). The zero-order valence-corrected chi connectivity index (χ0v) is 13.2. The highest BCUT2D eigenvalue weighted by Gasteiger charge is 2.24. The molecule has 1 aromatic rings. The number of benzene rings is 1. The molecule has 0 saturated carbocycles. The Labute approximate surface area is 135 Å². The van der Waals surface area contributed by atoms with Gasteiger partial charge in [-0.15, -0.1) is 12.4 Å². The number of carbonyl (C=O) groups is 2. The second-order valence-corrected chi connectivity index (χ2v) is 5.07. The van der Waals surface area contributed by atoms with Gasteiger partial charge in [0, 0.05) is 38.2 Å². The van der Waals surface area contributed by atoms with Crippen LogP contribution in [0.25, 0.3) is 0 Å². The zero-order valence-electron chi connectivity index (χ0n) is 12.3. The first-order valence-corrected chi connectivity index (χ1v) is 7.14. The maximum absolute atomic E-state index is 12.9. The summed E-state index contributed by atoms with van der Waals surface area (Å²) in [5.41, 5.74) is 5.86. The minimum absolute atomic E-state index is 0. The van der Waals surface area contributed by atoms with Gasteiger partial charge in [0.25, 0.3) is 5.91 Å². The molecule has 1 aliphatic rings. The van der Waals surface area contributed by atoms with Crippen LogP contribution >= 0.6 is 12.4 Å². The number of amides is 2. The van der Waals surface area contributed by atoms with Crippen LogP contribution in [0.5, 0.6) is 0 Å². The molecule has 7 heteroatoms. The van der Waals surface area contributed by atoms with Crippen LogP contribution < -0.4 is 5.73 Å². The Balaban J connectivity index is 0.00000242. The molecule has 0 bridgehead atoms. The number of hydrogen-bond donors (Lipinski definition) is 1. The van der Waals surface area contributed by atoms with E-state index >= 15 is 0 Å². The number of carbonyl (C=O) groups excluding carboxylic acids is 2. The average Bonchev–Trinajstić information content (AvgIpc) is 2.53. The molecule has 1 aliphatic heterocycles. The highest BCUT2D eigenvalue weighted by molar-refractivity contribution is 5.94. The predicted molar refractivity (Wildman–Crippen MR) is 84.4 cm³/mol. The van der Waals surface area contributed by atoms with Crippen LogP contribution in [0.3, 0.4) is 0 Å². The van der Waals surface area contributed by atoms with Crippen molar-refractivity contribution in [2.75, 3.05) is 32.7 Å². The molecule has 1 heterocycles. The van der Waals surface area contributed by atoms with Gasteiger partial charge in [-0.25, -0.2) is 4.39 Å². The molecule has 1 aromatic carbocycles. The van der Waals surface area contributed by atoms with E-state index in [4.69, 9.17) is 5.73 Å². The third-order valence-corrected chi connectivity index (χ3v) is 3.61. The number of nitrogens with two attached hydrogens (primary N) is 1. The number of halogens is 2. The van der Waals surface area contributed by atoms with Gasteiger partial charge in [0.05, 0.1) is 0 Å². The van der Waals surface area contributed by atoms with Crippen LogP contribution in [0.2, 0.25) is 0 Å². The topological polar surface area (TPSA) is 66.6 Å². The van der Waals surface area contributed by atoms with Gasteiger partial charge in [-0.3, -0.25) is 9.59 Å². The first-order chi connectivity index (χ1) is 10.1. The third-order valence-electron chi connectivity index (χ3n) is 3.61. The molecule has 0 radical (unpaired) electrons. The van der Waals surface area contributed by atoms with E-state index in [1.54, 1.807) is 9.80 Å². The lowest BCUT2D eigenvalue weighted by Crippen LogP contribution is -2.50. The zero-order chi connectivity index (χ0) is 15.2. The lowest BCUT2D eigenvalue weighted by atomic mass is 10.1. The standard InChI is InChI=1S/C15H20FN3O2.ClH/c16-13-5-3-12(4-6-13)15(21)19-10-8-18(9-11-19)14(20)2-1-7-17;/h3-6H,1-2,7-11,17H2;1H. The Kier molecular flexibility index (Phi) is 7.27. The fourth-order valence-corrected chi connectivity index (χ4v) is 2.35. The highest BCUT2D eigenvalue weighted by atomic mass is 35.5. The van der Waals surface area contributed by atoms with E-state index in [0.717, 1.165) is 0 Å². The Morgan fingerprint density at radius 3 is 2.14 bits per heavy atom. The average molecular weight is 330 g/mol. The molecule has 2 amide bonds.